The molecule has 1 aromatic heterocycles. The van der Waals surface area contributed by atoms with Crippen molar-refractivity contribution in [2.75, 3.05) is 12.4 Å². The van der Waals surface area contributed by atoms with Crippen molar-refractivity contribution in [3.05, 3.63) is 59.4 Å². The first-order valence-electron chi connectivity index (χ1n) is 8.73. The molecule has 2 aromatic carbocycles. The van der Waals surface area contributed by atoms with Gasteiger partial charge < -0.3 is 14.8 Å². The number of ether oxygens (including phenoxy) is 2. The summed E-state index contributed by atoms with van der Waals surface area (Å²) in [5.74, 6) is 1.62. The van der Waals surface area contributed by atoms with Gasteiger partial charge in [0, 0.05) is 13.1 Å². The minimum absolute atomic E-state index is 0.266. The number of tetrazole rings is 1. The van der Waals surface area contributed by atoms with Gasteiger partial charge in [-0.05, 0) is 52.2 Å². The Morgan fingerprint density at radius 2 is 1.85 bits per heavy atom. The molecule has 8 heteroatoms. The molecule has 1 N–H and O–H groups in total. The van der Waals surface area contributed by atoms with Crippen molar-refractivity contribution in [1.29, 1.82) is 0 Å². The lowest BCUT2D eigenvalue weighted by Gasteiger charge is -2.13. The molecule has 1 heterocycles. The summed E-state index contributed by atoms with van der Waals surface area (Å²) in [5, 5.41) is 14.9. The van der Waals surface area contributed by atoms with Gasteiger partial charge in [0.1, 0.15) is 12.4 Å². The molecule has 0 spiro atoms. The van der Waals surface area contributed by atoms with E-state index in [-0.39, 0.29) is 5.82 Å². The van der Waals surface area contributed by atoms with Crippen LogP contribution < -0.4 is 14.8 Å². The number of hydrogen-bond donors (Lipinski definition) is 1. The van der Waals surface area contributed by atoms with Crippen LogP contribution in [0.5, 0.6) is 11.5 Å². The van der Waals surface area contributed by atoms with Gasteiger partial charge in [-0.1, -0.05) is 30.2 Å². The van der Waals surface area contributed by atoms with Crippen LogP contribution in [0.4, 0.5) is 10.3 Å². The molecule has 0 saturated carbocycles. The first-order valence-corrected chi connectivity index (χ1v) is 8.73. The highest BCUT2D eigenvalue weighted by molar-refractivity contribution is 5.44. The van der Waals surface area contributed by atoms with Gasteiger partial charge >= 0.3 is 0 Å². The standard InChI is InChI=1S/C19H22FN5O2/c1-3-10-25-19(22-23-24-25)21-12-15-6-9-17(18(11-15)26-2)27-13-14-4-7-16(20)8-5-14/h4-9,11H,3,10,12-13H2,1-2H3,(H,21,22,24). The van der Waals surface area contributed by atoms with Crippen molar-refractivity contribution >= 4 is 5.95 Å². The summed E-state index contributed by atoms with van der Waals surface area (Å²) in [4.78, 5) is 0. The van der Waals surface area contributed by atoms with E-state index in [1.807, 2.05) is 18.2 Å². The number of nitrogens with zero attached hydrogens (tertiary/aromatic N) is 4. The lowest BCUT2D eigenvalue weighted by atomic mass is 10.2. The van der Waals surface area contributed by atoms with Gasteiger partial charge in [-0.15, -0.1) is 0 Å². The third-order valence-corrected chi connectivity index (χ3v) is 3.95. The quantitative estimate of drug-likeness (QED) is 0.621. The van der Waals surface area contributed by atoms with Crippen molar-refractivity contribution in [3.63, 3.8) is 0 Å². The minimum Gasteiger partial charge on any atom is -0.493 e. The topological polar surface area (TPSA) is 74.1 Å². The number of halogens is 1. The minimum atomic E-state index is -0.266. The second-order valence-corrected chi connectivity index (χ2v) is 5.98. The number of nitrogens with one attached hydrogen (secondary N) is 1. The smallest absolute Gasteiger partial charge is 0.243 e. The summed E-state index contributed by atoms with van der Waals surface area (Å²) >= 11 is 0. The number of rotatable bonds is 9. The van der Waals surface area contributed by atoms with Crippen LogP contribution in [0.15, 0.2) is 42.5 Å². The third-order valence-electron chi connectivity index (χ3n) is 3.95. The molecule has 0 radical (unpaired) electrons. The van der Waals surface area contributed by atoms with Crippen LogP contribution in [0.2, 0.25) is 0 Å². The fourth-order valence-electron chi connectivity index (χ4n) is 2.56. The first-order chi connectivity index (χ1) is 13.2. The number of benzene rings is 2. The predicted molar refractivity (Wildman–Crippen MR) is 99.2 cm³/mol. The van der Waals surface area contributed by atoms with Crippen LogP contribution in [0, 0.1) is 5.82 Å². The maximum absolute atomic E-state index is 13.0. The Morgan fingerprint density at radius 1 is 1.07 bits per heavy atom. The Balaban J connectivity index is 1.63. The van der Waals surface area contributed by atoms with Gasteiger partial charge in [0.05, 0.1) is 7.11 Å². The van der Waals surface area contributed by atoms with E-state index in [9.17, 15) is 4.39 Å². The van der Waals surface area contributed by atoms with Crippen LogP contribution in [0.25, 0.3) is 0 Å². The van der Waals surface area contributed by atoms with Crippen molar-refractivity contribution in [1.82, 2.24) is 20.2 Å². The zero-order chi connectivity index (χ0) is 19.1. The Kier molecular flexibility index (Phi) is 6.19. The molecule has 0 atom stereocenters. The van der Waals surface area contributed by atoms with Crippen LogP contribution >= 0.6 is 0 Å². The molecule has 0 aliphatic heterocycles. The molecular formula is C19H22FN5O2. The number of anilines is 1. The number of aromatic nitrogens is 4. The molecule has 142 valence electrons. The second-order valence-electron chi connectivity index (χ2n) is 5.98. The average molecular weight is 371 g/mol. The van der Waals surface area contributed by atoms with E-state index < -0.39 is 0 Å². The Labute approximate surface area is 157 Å². The van der Waals surface area contributed by atoms with Crippen LogP contribution in [-0.2, 0) is 19.7 Å². The summed E-state index contributed by atoms with van der Waals surface area (Å²) < 4.78 is 25.9. The summed E-state index contributed by atoms with van der Waals surface area (Å²) in [6.45, 7) is 3.72. The Morgan fingerprint density at radius 3 is 2.59 bits per heavy atom. The normalized spacial score (nSPS) is 10.6. The molecule has 0 aliphatic carbocycles. The van der Waals surface area contributed by atoms with Crippen molar-refractivity contribution in [2.24, 2.45) is 0 Å². The second kappa shape index (κ2) is 8.98. The zero-order valence-corrected chi connectivity index (χ0v) is 15.4. The van der Waals surface area contributed by atoms with Crippen LogP contribution in [-0.4, -0.2) is 27.3 Å². The van der Waals surface area contributed by atoms with Crippen molar-refractivity contribution in [3.8, 4) is 11.5 Å². The zero-order valence-electron chi connectivity index (χ0n) is 15.4. The monoisotopic (exact) mass is 371 g/mol. The van der Waals surface area contributed by atoms with E-state index in [1.54, 1.807) is 23.9 Å². The molecule has 0 aliphatic rings. The fourth-order valence-corrected chi connectivity index (χ4v) is 2.56. The fraction of sp³-hybridized carbons (Fsp3) is 0.316. The maximum Gasteiger partial charge on any atom is 0.243 e. The first kappa shape index (κ1) is 18.6. The van der Waals surface area contributed by atoms with Gasteiger partial charge in [-0.3, -0.25) is 0 Å². The van der Waals surface area contributed by atoms with Gasteiger partial charge in [0.2, 0.25) is 5.95 Å². The number of aryl methyl sites for hydroxylation is 1. The summed E-state index contributed by atoms with van der Waals surface area (Å²) in [6.07, 6.45) is 0.952. The molecule has 3 rings (SSSR count). The van der Waals surface area contributed by atoms with Crippen LogP contribution in [0.3, 0.4) is 0 Å². The average Bonchev–Trinajstić information content (AvgIpc) is 3.13. The summed E-state index contributed by atoms with van der Waals surface area (Å²) in [6, 6.07) is 11.9. The van der Waals surface area contributed by atoms with E-state index in [0.717, 1.165) is 24.1 Å². The van der Waals surface area contributed by atoms with E-state index in [2.05, 4.69) is 27.8 Å². The SMILES string of the molecule is CCCn1nnnc1NCc1ccc(OCc2ccc(F)cc2)c(OC)c1. The van der Waals surface area contributed by atoms with Crippen molar-refractivity contribution in [2.45, 2.75) is 33.0 Å². The molecule has 3 aromatic rings. The van der Waals surface area contributed by atoms with E-state index in [4.69, 9.17) is 9.47 Å². The highest BCUT2D eigenvalue weighted by Gasteiger charge is 2.09. The Hall–Kier alpha value is -3.16. The van der Waals surface area contributed by atoms with Crippen molar-refractivity contribution < 1.29 is 13.9 Å². The van der Waals surface area contributed by atoms with Gasteiger partial charge in [0.15, 0.2) is 11.5 Å². The van der Waals surface area contributed by atoms with Gasteiger partial charge in [-0.2, -0.15) is 0 Å². The van der Waals surface area contributed by atoms with Gasteiger partial charge in [0.25, 0.3) is 0 Å². The molecule has 0 bridgehead atoms. The number of hydrogen-bond acceptors (Lipinski definition) is 6. The maximum atomic E-state index is 13.0. The van der Waals surface area contributed by atoms with Crippen LogP contribution in [0.1, 0.15) is 24.5 Å². The third kappa shape index (κ3) is 4.93. The number of methoxy groups -OCH3 is 1. The lowest BCUT2D eigenvalue weighted by Crippen LogP contribution is -2.09. The molecule has 0 saturated heterocycles. The molecule has 0 amide bonds. The molecule has 0 fully saturated rings. The largest absolute Gasteiger partial charge is 0.493 e. The summed E-state index contributed by atoms with van der Waals surface area (Å²) in [7, 11) is 1.60. The highest BCUT2D eigenvalue weighted by Crippen LogP contribution is 2.29. The lowest BCUT2D eigenvalue weighted by molar-refractivity contribution is 0.284. The predicted octanol–water partition coefficient (Wildman–Crippen LogP) is 3.42. The molecule has 27 heavy (non-hydrogen) atoms. The van der Waals surface area contributed by atoms with Gasteiger partial charge in [-0.25, -0.2) is 9.07 Å². The summed E-state index contributed by atoms with van der Waals surface area (Å²) in [5.41, 5.74) is 1.89. The highest BCUT2D eigenvalue weighted by atomic mass is 19.1. The van der Waals surface area contributed by atoms with E-state index in [1.165, 1.54) is 12.1 Å². The van der Waals surface area contributed by atoms with E-state index in [0.29, 0.717) is 30.6 Å². The Bertz CT molecular complexity index is 867. The molecule has 7 nitrogen and oxygen atoms in total. The van der Waals surface area contributed by atoms with E-state index >= 15 is 0 Å². The molecular weight excluding hydrogens is 349 g/mol. The molecule has 0 unspecified atom stereocenters.